The summed E-state index contributed by atoms with van der Waals surface area (Å²) < 4.78 is 38.8. The molecule has 0 bridgehead atoms. The van der Waals surface area contributed by atoms with Gasteiger partial charge in [-0.3, -0.25) is 0 Å². The van der Waals surface area contributed by atoms with Crippen LogP contribution in [0.5, 0.6) is 0 Å². The summed E-state index contributed by atoms with van der Waals surface area (Å²) in [5, 5.41) is 0. The summed E-state index contributed by atoms with van der Waals surface area (Å²) in [7, 11) is -2.49. The van der Waals surface area contributed by atoms with Crippen LogP contribution < -0.4 is 4.72 Å². The number of rotatable bonds is 2. The van der Waals surface area contributed by atoms with Crippen molar-refractivity contribution < 1.29 is 12.8 Å². The van der Waals surface area contributed by atoms with Crippen LogP contribution in [0.1, 0.15) is 5.56 Å². The molecular weight excluding hydrogens is 273 g/mol. The maximum atomic E-state index is 13.3. The van der Waals surface area contributed by atoms with Crippen LogP contribution in [0.2, 0.25) is 0 Å². The molecule has 0 aliphatic carbocycles. The van der Waals surface area contributed by atoms with E-state index < -0.39 is 15.8 Å². The van der Waals surface area contributed by atoms with Crippen LogP contribution in [0, 0.1) is 12.7 Å². The lowest BCUT2D eigenvalue weighted by atomic mass is 10.2. The highest BCUT2D eigenvalue weighted by atomic mass is 79.9. The van der Waals surface area contributed by atoms with Crippen LogP contribution in [0.15, 0.2) is 21.5 Å². The molecule has 0 atom stereocenters. The summed E-state index contributed by atoms with van der Waals surface area (Å²) >= 11 is 3.14. The Hall–Kier alpha value is -0.460. The summed E-state index contributed by atoms with van der Waals surface area (Å²) in [6.45, 7) is 1.54. The third kappa shape index (κ3) is 1.97. The van der Waals surface area contributed by atoms with Crippen molar-refractivity contribution in [2.24, 2.45) is 0 Å². The van der Waals surface area contributed by atoms with Gasteiger partial charge in [-0.15, -0.1) is 0 Å². The van der Waals surface area contributed by atoms with Gasteiger partial charge >= 0.3 is 0 Å². The van der Waals surface area contributed by atoms with E-state index in [1.54, 1.807) is 0 Å². The first-order valence-electron chi connectivity index (χ1n) is 3.78. The second kappa shape index (κ2) is 3.96. The molecule has 0 aromatic heterocycles. The van der Waals surface area contributed by atoms with Gasteiger partial charge in [-0.1, -0.05) is 15.9 Å². The number of hydrogen-bond donors (Lipinski definition) is 1. The second-order valence-electron chi connectivity index (χ2n) is 2.69. The standard InChI is InChI=1S/C8H9BrFNO2S/c1-5-6(9)3-4-7(10)8(5)14(12,13)11-2/h3-4,11H,1-2H3. The zero-order valence-electron chi connectivity index (χ0n) is 7.64. The predicted molar refractivity (Wildman–Crippen MR) is 55.1 cm³/mol. The van der Waals surface area contributed by atoms with Gasteiger partial charge in [0.05, 0.1) is 0 Å². The lowest BCUT2D eigenvalue weighted by Crippen LogP contribution is -2.21. The molecule has 1 rings (SSSR count). The highest BCUT2D eigenvalue weighted by molar-refractivity contribution is 9.10. The molecule has 0 fully saturated rings. The number of sulfonamides is 1. The van der Waals surface area contributed by atoms with Crippen LogP contribution in [-0.2, 0) is 10.0 Å². The van der Waals surface area contributed by atoms with E-state index in [9.17, 15) is 12.8 Å². The maximum absolute atomic E-state index is 13.3. The van der Waals surface area contributed by atoms with Crippen molar-refractivity contribution in [1.82, 2.24) is 4.72 Å². The molecule has 0 saturated heterocycles. The van der Waals surface area contributed by atoms with Gasteiger partial charge in [0.1, 0.15) is 10.7 Å². The fourth-order valence-corrected chi connectivity index (χ4v) is 2.57. The van der Waals surface area contributed by atoms with Crippen molar-refractivity contribution in [3.05, 3.63) is 28.0 Å². The SMILES string of the molecule is CNS(=O)(=O)c1c(F)ccc(Br)c1C. The minimum atomic E-state index is -3.74. The molecule has 3 nitrogen and oxygen atoms in total. The van der Waals surface area contributed by atoms with Crippen molar-refractivity contribution in [1.29, 1.82) is 0 Å². The molecule has 1 N–H and O–H groups in total. The van der Waals surface area contributed by atoms with Crippen LogP contribution in [0.4, 0.5) is 4.39 Å². The van der Waals surface area contributed by atoms with E-state index in [1.807, 2.05) is 0 Å². The molecule has 0 aliphatic heterocycles. The fraction of sp³-hybridized carbons (Fsp3) is 0.250. The molecule has 0 unspecified atom stereocenters. The van der Waals surface area contributed by atoms with Crippen molar-refractivity contribution in [3.63, 3.8) is 0 Å². The molecule has 0 aliphatic rings. The Balaban J connectivity index is 3.56. The molecule has 14 heavy (non-hydrogen) atoms. The Kier molecular flexibility index (Phi) is 3.28. The Labute approximate surface area is 90.5 Å². The van der Waals surface area contributed by atoms with Gasteiger partial charge in [0, 0.05) is 4.47 Å². The minimum Gasteiger partial charge on any atom is -0.214 e. The molecule has 1 aromatic rings. The van der Waals surface area contributed by atoms with E-state index in [-0.39, 0.29) is 4.90 Å². The first kappa shape index (κ1) is 11.6. The predicted octanol–water partition coefficient (Wildman–Crippen LogP) is 1.80. The summed E-state index contributed by atoms with van der Waals surface area (Å²) in [6, 6.07) is 2.58. The third-order valence-electron chi connectivity index (χ3n) is 1.83. The Bertz CT molecular complexity index is 459. The van der Waals surface area contributed by atoms with Crippen molar-refractivity contribution in [3.8, 4) is 0 Å². The van der Waals surface area contributed by atoms with E-state index >= 15 is 0 Å². The van der Waals surface area contributed by atoms with Gasteiger partial charge in [0.2, 0.25) is 10.0 Å². The van der Waals surface area contributed by atoms with E-state index in [0.717, 1.165) is 6.07 Å². The van der Waals surface area contributed by atoms with Crippen LogP contribution in [0.3, 0.4) is 0 Å². The first-order valence-corrected chi connectivity index (χ1v) is 6.06. The van der Waals surface area contributed by atoms with Crippen molar-refractivity contribution >= 4 is 26.0 Å². The molecule has 0 amide bonds. The quantitative estimate of drug-likeness (QED) is 0.899. The van der Waals surface area contributed by atoms with E-state index in [2.05, 4.69) is 20.7 Å². The molecule has 0 radical (unpaired) electrons. The molecule has 0 spiro atoms. The number of halogens is 2. The van der Waals surface area contributed by atoms with Gasteiger partial charge in [0.15, 0.2) is 0 Å². The lowest BCUT2D eigenvalue weighted by Gasteiger charge is -2.08. The van der Waals surface area contributed by atoms with E-state index in [0.29, 0.717) is 10.0 Å². The van der Waals surface area contributed by atoms with Crippen molar-refractivity contribution in [2.45, 2.75) is 11.8 Å². The zero-order valence-corrected chi connectivity index (χ0v) is 10.0. The average Bonchev–Trinajstić information content (AvgIpc) is 2.12. The average molecular weight is 282 g/mol. The highest BCUT2D eigenvalue weighted by Gasteiger charge is 2.21. The summed E-state index contributed by atoms with van der Waals surface area (Å²) in [5.41, 5.74) is 0.361. The Morgan fingerprint density at radius 3 is 2.50 bits per heavy atom. The normalized spacial score (nSPS) is 11.7. The second-order valence-corrected chi connectivity index (χ2v) is 5.37. The fourth-order valence-electron chi connectivity index (χ4n) is 1.07. The molecule has 0 saturated carbocycles. The maximum Gasteiger partial charge on any atom is 0.243 e. The summed E-state index contributed by atoms with van der Waals surface area (Å²) in [6.07, 6.45) is 0. The largest absolute Gasteiger partial charge is 0.243 e. The molecule has 1 aromatic carbocycles. The van der Waals surface area contributed by atoms with Gasteiger partial charge < -0.3 is 0 Å². The molecular formula is C8H9BrFNO2S. The van der Waals surface area contributed by atoms with Gasteiger partial charge in [-0.05, 0) is 31.7 Å². The van der Waals surface area contributed by atoms with Crippen LogP contribution in [-0.4, -0.2) is 15.5 Å². The smallest absolute Gasteiger partial charge is 0.214 e. The zero-order chi connectivity index (χ0) is 10.9. The highest BCUT2D eigenvalue weighted by Crippen LogP contribution is 2.25. The summed E-state index contributed by atoms with van der Waals surface area (Å²) in [4.78, 5) is -0.311. The number of nitrogens with one attached hydrogen (secondary N) is 1. The molecule has 78 valence electrons. The van der Waals surface area contributed by atoms with Gasteiger partial charge in [-0.2, -0.15) is 0 Å². The Morgan fingerprint density at radius 2 is 2.00 bits per heavy atom. The van der Waals surface area contributed by atoms with E-state index in [4.69, 9.17) is 0 Å². The number of hydrogen-bond acceptors (Lipinski definition) is 2. The van der Waals surface area contributed by atoms with Crippen LogP contribution >= 0.6 is 15.9 Å². The molecule has 6 heteroatoms. The van der Waals surface area contributed by atoms with E-state index in [1.165, 1.54) is 20.0 Å². The first-order chi connectivity index (χ1) is 6.40. The van der Waals surface area contributed by atoms with Gasteiger partial charge in [-0.25, -0.2) is 17.5 Å². The summed E-state index contributed by atoms with van der Waals surface area (Å²) in [5.74, 6) is -0.750. The lowest BCUT2D eigenvalue weighted by molar-refractivity contribution is 0.559. The molecule has 0 heterocycles. The Morgan fingerprint density at radius 1 is 1.43 bits per heavy atom. The van der Waals surface area contributed by atoms with Crippen LogP contribution in [0.25, 0.3) is 0 Å². The third-order valence-corrected chi connectivity index (χ3v) is 4.26. The number of benzene rings is 1. The minimum absolute atomic E-state index is 0.311. The topological polar surface area (TPSA) is 46.2 Å². The van der Waals surface area contributed by atoms with Crippen molar-refractivity contribution in [2.75, 3.05) is 7.05 Å². The van der Waals surface area contributed by atoms with Gasteiger partial charge in [0.25, 0.3) is 0 Å². The monoisotopic (exact) mass is 281 g/mol.